The third kappa shape index (κ3) is 4.24. The predicted molar refractivity (Wildman–Crippen MR) is 97.6 cm³/mol. The zero-order valence-electron chi connectivity index (χ0n) is 14.2. The maximum atomic E-state index is 12.7. The number of nitrogens with zero attached hydrogens (tertiary/aromatic N) is 2. The van der Waals surface area contributed by atoms with Gasteiger partial charge in [0.2, 0.25) is 12.7 Å². The highest BCUT2D eigenvalue weighted by Gasteiger charge is 2.24. The van der Waals surface area contributed by atoms with Gasteiger partial charge in [-0.1, -0.05) is 6.07 Å². The Hall–Kier alpha value is -1.66. The van der Waals surface area contributed by atoms with Crippen LogP contribution >= 0.6 is 11.8 Å². The highest BCUT2D eigenvalue weighted by atomic mass is 32.2. The molecule has 1 atom stereocenters. The molecule has 0 radical (unpaired) electrons. The zero-order valence-corrected chi connectivity index (χ0v) is 15.1. The fourth-order valence-electron chi connectivity index (χ4n) is 2.97. The van der Waals surface area contributed by atoms with Gasteiger partial charge >= 0.3 is 0 Å². The first-order valence-electron chi connectivity index (χ1n) is 8.24. The molecule has 1 aromatic rings. The number of hydrogen-bond acceptors (Lipinski definition) is 5. The van der Waals surface area contributed by atoms with Crippen molar-refractivity contribution < 1.29 is 14.3 Å². The Morgan fingerprint density at radius 2 is 2.21 bits per heavy atom. The maximum absolute atomic E-state index is 12.7. The van der Waals surface area contributed by atoms with Crippen LogP contribution in [0.15, 0.2) is 24.3 Å². The van der Waals surface area contributed by atoms with Crippen LogP contribution in [0.3, 0.4) is 0 Å². The third-order valence-corrected chi connectivity index (χ3v) is 5.31. The van der Waals surface area contributed by atoms with E-state index in [1.54, 1.807) is 6.08 Å². The van der Waals surface area contributed by atoms with E-state index in [-0.39, 0.29) is 18.7 Å². The van der Waals surface area contributed by atoms with Gasteiger partial charge in [0.1, 0.15) is 0 Å². The average molecular weight is 348 g/mol. The van der Waals surface area contributed by atoms with Crippen LogP contribution in [0.5, 0.6) is 11.5 Å². The van der Waals surface area contributed by atoms with Gasteiger partial charge in [-0.2, -0.15) is 11.8 Å². The fourth-order valence-corrected chi connectivity index (χ4v) is 4.03. The van der Waals surface area contributed by atoms with Crippen LogP contribution < -0.4 is 9.47 Å². The molecule has 0 aromatic heterocycles. The number of hydrogen-bond donors (Lipinski definition) is 0. The Balaban J connectivity index is 1.69. The molecule has 0 N–H and O–H groups in total. The molecule has 2 aliphatic heterocycles. The lowest BCUT2D eigenvalue weighted by molar-refractivity contribution is -0.128. The number of amides is 1. The summed E-state index contributed by atoms with van der Waals surface area (Å²) >= 11 is 1.94. The summed E-state index contributed by atoms with van der Waals surface area (Å²) in [6.45, 7) is 1.99. The van der Waals surface area contributed by atoms with E-state index >= 15 is 0 Å². The van der Waals surface area contributed by atoms with Gasteiger partial charge < -0.3 is 19.3 Å². The van der Waals surface area contributed by atoms with E-state index in [4.69, 9.17) is 9.47 Å². The normalized spacial score (nSPS) is 20.6. The molecule has 0 aliphatic carbocycles. The van der Waals surface area contributed by atoms with E-state index in [0.717, 1.165) is 48.1 Å². The second-order valence-corrected chi connectivity index (χ2v) is 7.47. The maximum Gasteiger partial charge on any atom is 0.246 e. The molecule has 3 rings (SSSR count). The van der Waals surface area contributed by atoms with E-state index < -0.39 is 0 Å². The molecule has 0 bridgehead atoms. The number of thioether (sulfide) groups is 1. The molecule has 2 aliphatic rings. The van der Waals surface area contributed by atoms with Crippen LogP contribution in [0.4, 0.5) is 0 Å². The highest BCUT2D eigenvalue weighted by molar-refractivity contribution is 7.99. The lowest BCUT2D eigenvalue weighted by Crippen LogP contribution is -2.46. The van der Waals surface area contributed by atoms with Gasteiger partial charge in [0, 0.05) is 24.9 Å². The summed E-state index contributed by atoms with van der Waals surface area (Å²) in [5, 5.41) is 0. The zero-order chi connectivity index (χ0) is 16.9. The molecular formula is C18H24N2O3S. The number of fused-ring (bicyclic) bond motifs is 1. The molecule has 1 amide bonds. The Labute approximate surface area is 147 Å². The summed E-state index contributed by atoms with van der Waals surface area (Å²) in [6, 6.07) is 5.99. The van der Waals surface area contributed by atoms with Crippen LogP contribution in [0.1, 0.15) is 12.0 Å². The van der Waals surface area contributed by atoms with E-state index in [9.17, 15) is 4.79 Å². The smallest absolute Gasteiger partial charge is 0.246 e. The number of carbonyl (C=O) groups excluding carboxylic acids is 1. The molecule has 1 aromatic carbocycles. The molecule has 1 saturated heterocycles. The van der Waals surface area contributed by atoms with Gasteiger partial charge in [0.15, 0.2) is 11.5 Å². The molecule has 130 valence electrons. The Bertz CT molecular complexity index is 618. The summed E-state index contributed by atoms with van der Waals surface area (Å²) in [5.74, 6) is 3.71. The summed E-state index contributed by atoms with van der Waals surface area (Å²) in [6.07, 6.45) is 4.59. The Morgan fingerprint density at radius 1 is 1.38 bits per heavy atom. The molecular weight excluding hydrogens is 324 g/mol. The SMILES string of the molecule is CN(C)CC1CSCCCN1C(=O)C=Cc1ccc2c(c1)OCO2. The number of likely N-dealkylation sites (N-methyl/N-ethyl adjacent to an activating group) is 1. The van der Waals surface area contributed by atoms with Crippen molar-refractivity contribution in [2.75, 3.05) is 45.5 Å². The number of carbonyl (C=O) groups is 1. The van der Waals surface area contributed by atoms with Gasteiger partial charge in [0.25, 0.3) is 0 Å². The van der Waals surface area contributed by atoms with Crippen molar-refractivity contribution in [3.8, 4) is 11.5 Å². The molecule has 0 saturated carbocycles. The van der Waals surface area contributed by atoms with E-state index in [1.165, 1.54) is 0 Å². The van der Waals surface area contributed by atoms with E-state index in [2.05, 4.69) is 19.0 Å². The average Bonchev–Trinajstić information content (AvgIpc) is 2.90. The first-order chi connectivity index (χ1) is 11.6. The van der Waals surface area contributed by atoms with Gasteiger partial charge in [-0.25, -0.2) is 0 Å². The number of ether oxygens (including phenoxy) is 2. The summed E-state index contributed by atoms with van der Waals surface area (Å²) in [5.41, 5.74) is 0.945. The fraction of sp³-hybridized carbons (Fsp3) is 0.500. The summed E-state index contributed by atoms with van der Waals surface area (Å²) < 4.78 is 10.7. The Morgan fingerprint density at radius 3 is 3.04 bits per heavy atom. The topological polar surface area (TPSA) is 42.0 Å². The minimum absolute atomic E-state index is 0.0852. The minimum atomic E-state index is 0.0852. The van der Waals surface area contributed by atoms with Crippen molar-refractivity contribution in [2.24, 2.45) is 0 Å². The van der Waals surface area contributed by atoms with Crippen molar-refractivity contribution in [2.45, 2.75) is 12.5 Å². The van der Waals surface area contributed by atoms with Crippen molar-refractivity contribution >= 4 is 23.7 Å². The Kier molecular flexibility index (Phi) is 5.68. The first kappa shape index (κ1) is 17.2. The van der Waals surface area contributed by atoms with Gasteiger partial charge in [0.05, 0.1) is 6.04 Å². The molecule has 5 nitrogen and oxygen atoms in total. The van der Waals surface area contributed by atoms with Crippen molar-refractivity contribution in [1.29, 1.82) is 0 Å². The van der Waals surface area contributed by atoms with Crippen molar-refractivity contribution in [3.05, 3.63) is 29.8 Å². The van der Waals surface area contributed by atoms with Gasteiger partial charge in [-0.3, -0.25) is 4.79 Å². The molecule has 0 spiro atoms. The summed E-state index contributed by atoms with van der Waals surface area (Å²) in [4.78, 5) is 16.9. The quantitative estimate of drug-likeness (QED) is 0.781. The molecule has 6 heteroatoms. The molecule has 2 heterocycles. The largest absolute Gasteiger partial charge is 0.454 e. The second-order valence-electron chi connectivity index (χ2n) is 6.32. The van der Waals surface area contributed by atoms with Crippen molar-refractivity contribution in [1.82, 2.24) is 9.80 Å². The molecule has 1 fully saturated rings. The van der Waals surface area contributed by atoms with Gasteiger partial charge in [-0.05, 0) is 50.0 Å². The monoisotopic (exact) mass is 348 g/mol. The minimum Gasteiger partial charge on any atom is -0.454 e. The number of benzene rings is 1. The summed E-state index contributed by atoms with van der Waals surface area (Å²) in [7, 11) is 4.11. The van der Waals surface area contributed by atoms with Crippen LogP contribution in [-0.2, 0) is 4.79 Å². The second kappa shape index (κ2) is 7.94. The van der Waals surface area contributed by atoms with Crippen LogP contribution in [0.25, 0.3) is 6.08 Å². The highest BCUT2D eigenvalue weighted by Crippen LogP contribution is 2.32. The van der Waals surface area contributed by atoms with Crippen LogP contribution in [0.2, 0.25) is 0 Å². The van der Waals surface area contributed by atoms with Crippen molar-refractivity contribution in [3.63, 3.8) is 0 Å². The lowest BCUT2D eigenvalue weighted by Gasteiger charge is -2.30. The predicted octanol–water partition coefficient (Wildman–Crippen LogP) is 2.32. The van der Waals surface area contributed by atoms with E-state index in [0.29, 0.717) is 0 Å². The number of rotatable bonds is 4. The van der Waals surface area contributed by atoms with Crippen LogP contribution in [-0.4, -0.2) is 67.2 Å². The van der Waals surface area contributed by atoms with Crippen LogP contribution in [0, 0.1) is 0 Å². The standard InChI is InChI=1S/C18H24N2O3S/c1-19(2)11-15-12-24-9-3-8-20(15)18(21)7-5-14-4-6-16-17(10-14)23-13-22-16/h4-7,10,15H,3,8-9,11-13H2,1-2H3. The van der Waals surface area contributed by atoms with E-state index in [1.807, 2.05) is 40.9 Å². The third-order valence-electron chi connectivity index (χ3n) is 4.11. The van der Waals surface area contributed by atoms with Gasteiger partial charge in [-0.15, -0.1) is 0 Å². The lowest BCUT2D eigenvalue weighted by atomic mass is 10.1. The first-order valence-corrected chi connectivity index (χ1v) is 9.40. The molecule has 24 heavy (non-hydrogen) atoms. The molecule has 1 unspecified atom stereocenters.